The van der Waals surface area contributed by atoms with Crippen LogP contribution in [-0.2, 0) is 14.0 Å². The Morgan fingerprint density at radius 2 is 1.69 bits per heavy atom. The van der Waals surface area contributed by atoms with Gasteiger partial charge in [-0.3, -0.25) is 4.79 Å². The lowest BCUT2D eigenvalue weighted by molar-refractivity contribution is 0.00578. The van der Waals surface area contributed by atoms with Gasteiger partial charge in [-0.2, -0.15) is 0 Å². The average molecular weight is 465 g/mol. The van der Waals surface area contributed by atoms with E-state index in [2.05, 4.69) is 5.32 Å². The minimum atomic E-state index is -0.538. The number of ether oxygens (including phenoxy) is 1. The maximum Gasteiger partial charge on any atom is 0.494 e. The van der Waals surface area contributed by atoms with E-state index in [-0.39, 0.29) is 11.9 Å². The number of carbonyl (C=O) groups excluding carboxylic acids is 2. The first-order chi connectivity index (χ1) is 14.7. The summed E-state index contributed by atoms with van der Waals surface area (Å²) in [4.78, 5) is 26.8. The molecule has 176 valence electrons. The molecule has 0 radical (unpaired) electrons. The number of benzene rings is 1. The van der Waals surface area contributed by atoms with E-state index in [9.17, 15) is 9.59 Å². The molecule has 2 aliphatic rings. The van der Waals surface area contributed by atoms with Gasteiger partial charge in [0.2, 0.25) is 0 Å². The largest absolute Gasteiger partial charge is 0.494 e. The van der Waals surface area contributed by atoms with Gasteiger partial charge in [0.15, 0.2) is 0 Å². The average Bonchev–Trinajstić information content (AvgIpc) is 2.87. The molecule has 0 aliphatic carbocycles. The van der Waals surface area contributed by atoms with Gasteiger partial charge in [0.05, 0.1) is 21.8 Å². The lowest BCUT2D eigenvalue weighted by Crippen LogP contribution is -2.47. The summed E-state index contributed by atoms with van der Waals surface area (Å²) in [6.07, 6.45) is 0.895. The van der Waals surface area contributed by atoms with Crippen molar-refractivity contribution in [3.63, 3.8) is 0 Å². The van der Waals surface area contributed by atoms with Crippen LogP contribution in [0.25, 0.3) is 0 Å². The molecule has 1 aromatic carbocycles. The molecule has 2 aliphatic heterocycles. The Kier molecular flexibility index (Phi) is 6.90. The van der Waals surface area contributed by atoms with Gasteiger partial charge < -0.3 is 24.3 Å². The Balaban J connectivity index is 1.59. The number of nitrogens with one attached hydrogen (secondary N) is 1. The van der Waals surface area contributed by atoms with Crippen LogP contribution in [0.4, 0.5) is 4.79 Å². The van der Waals surface area contributed by atoms with Crippen LogP contribution in [0.1, 0.15) is 71.7 Å². The standard InChI is InChI=1S/C23H34BClN2O5/c1-21(2,3)30-20(29)26-16-10-12-27(13-11-16)19(28)17-9-8-15(14-18(17)25)24-31-22(4,5)23(6,7)32-24/h8-9,14,16H,10-13H2,1-7H3,(H,26,29). The van der Waals surface area contributed by atoms with Gasteiger partial charge in [0, 0.05) is 19.1 Å². The Bertz CT molecular complexity index is 860. The number of carbonyl (C=O) groups is 2. The fraction of sp³-hybridized carbons (Fsp3) is 0.652. The second-order valence-corrected chi connectivity index (χ2v) is 10.9. The second kappa shape index (κ2) is 8.88. The SMILES string of the molecule is CC(C)(C)OC(=O)NC1CCN(C(=O)c2ccc(B3OC(C)(C)C(C)(C)O3)cc2Cl)CC1. The van der Waals surface area contributed by atoms with Gasteiger partial charge in [-0.1, -0.05) is 17.7 Å². The summed E-state index contributed by atoms with van der Waals surface area (Å²) in [6.45, 7) is 14.5. The quantitative estimate of drug-likeness (QED) is 0.689. The van der Waals surface area contributed by atoms with E-state index in [4.69, 9.17) is 25.6 Å². The Morgan fingerprint density at radius 3 is 2.19 bits per heavy atom. The molecule has 0 spiro atoms. The van der Waals surface area contributed by atoms with Crippen LogP contribution in [0.5, 0.6) is 0 Å². The molecule has 0 aromatic heterocycles. The molecule has 3 rings (SSSR count). The highest BCUT2D eigenvalue weighted by Gasteiger charge is 2.51. The Labute approximate surface area is 196 Å². The smallest absolute Gasteiger partial charge is 0.444 e. The van der Waals surface area contributed by atoms with Crippen molar-refractivity contribution >= 4 is 36.2 Å². The van der Waals surface area contributed by atoms with Crippen molar-refractivity contribution in [2.75, 3.05) is 13.1 Å². The molecule has 1 aromatic rings. The molecule has 2 amide bonds. The predicted molar refractivity (Wildman–Crippen MR) is 125 cm³/mol. The highest BCUT2D eigenvalue weighted by Crippen LogP contribution is 2.36. The van der Waals surface area contributed by atoms with Gasteiger partial charge >= 0.3 is 13.2 Å². The summed E-state index contributed by atoms with van der Waals surface area (Å²) in [6, 6.07) is 5.29. The number of hydrogen-bond acceptors (Lipinski definition) is 5. The van der Waals surface area contributed by atoms with E-state index in [0.717, 1.165) is 5.46 Å². The van der Waals surface area contributed by atoms with Crippen LogP contribution in [0, 0.1) is 0 Å². The topological polar surface area (TPSA) is 77.1 Å². The van der Waals surface area contributed by atoms with Crippen molar-refractivity contribution in [2.45, 2.75) is 84.2 Å². The molecule has 1 N–H and O–H groups in total. The number of nitrogens with zero attached hydrogens (tertiary/aromatic N) is 1. The minimum absolute atomic E-state index is 0.0184. The van der Waals surface area contributed by atoms with Crippen molar-refractivity contribution in [1.82, 2.24) is 10.2 Å². The van der Waals surface area contributed by atoms with Crippen LogP contribution in [-0.4, -0.2) is 60.0 Å². The van der Waals surface area contributed by atoms with Crippen LogP contribution in [0.3, 0.4) is 0 Å². The van der Waals surface area contributed by atoms with E-state index in [1.54, 1.807) is 17.0 Å². The fourth-order valence-corrected chi connectivity index (χ4v) is 3.97. The lowest BCUT2D eigenvalue weighted by atomic mass is 9.79. The normalized spacial score (nSPS) is 20.9. The zero-order valence-electron chi connectivity index (χ0n) is 20.1. The van der Waals surface area contributed by atoms with E-state index in [1.807, 2.05) is 54.5 Å². The zero-order chi connectivity index (χ0) is 23.9. The minimum Gasteiger partial charge on any atom is -0.444 e. The van der Waals surface area contributed by atoms with Gasteiger partial charge in [-0.25, -0.2) is 4.79 Å². The summed E-state index contributed by atoms with van der Waals surface area (Å²) in [5.74, 6) is -0.119. The first kappa shape index (κ1) is 24.9. The second-order valence-electron chi connectivity index (χ2n) is 10.5. The molecular formula is C23H34BClN2O5. The molecule has 0 saturated carbocycles. The van der Waals surface area contributed by atoms with Crippen LogP contribution < -0.4 is 10.8 Å². The van der Waals surface area contributed by atoms with Crippen molar-refractivity contribution in [2.24, 2.45) is 0 Å². The number of hydrogen-bond donors (Lipinski definition) is 1. The van der Waals surface area contributed by atoms with E-state index >= 15 is 0 Å². The zero-order valence-corrected chi connectivity index (χ0v) is 20.8. The van der Waals surface area contributed by atoms with Crippen LogP contribution >= 0.6 is 11.6 Å². The van der Waals surface area contributed by atoms with E-state index in [1.165, 1.54) is 0 Å². The van der Waals surface area contributed by atoms with Gasteiger partial charge in [-0.05, 0) is 78.9 Å². The van der Waals surface area contributed by atoms with Gasteiger partial charge in [0.25, 0.3) is 5.91 Å². The molecule has 7 nitrogen and oxygen atoms in total. The molecular weight excluding hydrogens is 431 g/mol. The number of rotatable bonds is 3. The first-order valence-electron chi connectivity index (χ1n) is 11.1. The van der Waals surface area contributed by atoms with E-state index in [0.29, 0.717) is 36.5 Å². The van der Waals surface area contributed by atoms with Crippen LogP contribution in [0.15, 0.2) is 18.2 Å². The molecule has 9 heteroatoms. The maximum atomic E-state index is 13.0. The van der Waals surface area contributed by atoms with Gasteiger partial charge in [0.1, 0.15) is 5.60 Å². The lowest BCUT2D eigenvalue weighted by Gasteiger charge is -2.33. The molecule has 0 bridgehead atoms. The first-order valence-corrected chi connectivity index (χ1v) is 11.5. The van der Waals surface area contributed by atoms with Crippen molar-refractivity contribution in [1.29, 1.82) is 0 Å². The third-order valence-corrected chi connectivity index (χ3v) is 6.56. The van der Waals surface area contributed by atoms with Crippen LogP contribution in [0.2, 0.25) is 5.02 Å². The monoisotopic (exact) mass is 464 g/mol. The molecule has 2 fully saturated rings. The molecule has 0 unspecified atom stereocenters. The number of halogens is 1. The molecule has 32 heavy (non-hydrogen) atoms. The van der Waals surface area contributed by atoms with Gasteiger partial charge in [-0.15, -0.1) is 0 Å². The van der Waals surface area contributed by atoms with Crippen molar-refractivity contribution in [3.05, 3.63) is 28.8 Å². The Hall–Kier alpha value is -1.77. The van der Waals surface area contributed by atoms with Crippen molar-refractivity contribution in [3.8, 4) is 0 Å². The summed E-state index contributed by atoms with van der Waals surface area (Å²) < 4.78 is 17.5. The predicted octanol–water partition coefficient (Wildman–Crippen LogP) is 3.77. The number of alkyl carbamates (subject to hydrolysis) is 1. The molecule has 0 atom stereocenters. The summed E-state index contributed by atoms with van der Waals surface area (Å²) in [7, 11) is -0.531. The maximum absolute atomic E-state index is 13.0. The van der Waals surface area contributed by atoms with E-state index < -0.39 is 30.0 Å². The molecule has 2 heterocycles. The Morgan fingerprint density at radius 1 is 1.12 bits per heavy atom. The number of likely N-dealkylation sites (tertiary alicyclic amines) is 1. The summed E-state index contributed by atoms with van der Waals surface area (Å²) >= 11 is 6.49. The number of amides is 2. The number of piperidine rings is 1. The summed E-state index contributed by atoms with van der Waals surface area (Å²) in [5.41, 5.74) is -0.202. The molecule has 2 saturated heterocycles. The fourth-order valence-electron chi connectivity index (χ4n) is 3.70. The highest BCUT2D eigenvalue weighted by atomic mass is 35.5. The highest BCUT2D eigenvalue weighted by molar-refractivity contribution is 6.62. The third-order valence-electron chi connectivity index (χ3n) is 6.25. The summed E-state index contributed by atoms with van der Waals surface area (Å²) in [5, 5.41) is 3.26. The van der Waals surface area contributed by atoms with Crippen molar-refractivity contribution < 1.29 is 23.6 Å². The third kappa shape index (κ3) is 5.59.